The molecule has 0 spiro atoms. The molecule has 0 saturated heterocycles. The van der Waals surface area contributed by atoms with Gasteiger partial charge in [0.15, 0.2) is 0 Å². The van der Waals surface area contributed by atoms with Crippen LogP contribution in [0.25, 0.3) is 0 Å². The highest BCUT2D eigenvalue weighted by Crippen LogP contribution is 2.63. The zero-order valence-electron chi connectivity index (χ0n) is 16.0. The number of carbonyl (C=O) groups is 1. The molecule has 3 rings (SSSR count). The molecule has 9 heteroatoms. The summed E-state index contributed by atoms with van der Waals surface area (Å²) >= 11 is 5.69. The number of fused-ring (bicyclic) bond motifs is 2. The van der Waals surface area contributed by atoms with Crippen LogP contribution >= 0.6 is 11.6 Å². The predicted octanol–water partition coefficient (Wildman–Crippen LogP) is 2.67. The molecular formula is C18H25ClN4O3S. The molecular weight excluding hydrogens is 388 g/mol. The average molecular weight is 413 g/mol. The highest BCUT2D eigenvalue weighted by Gasteiger charge is 2.60. The Morgan fingerprint density at radius 2 is 2.11 bits per heavy atom. The summed E-state index contributed by atoms with van der Waals surface area (Å²) in [5.41, 5.74) is 3.70. The Hall–Kier alpha value is -1.51. The van der Waals surface area contributed by atoms with Crippen molar-refractivity contribution in [3.63, 3.8) is 0 Å². The average Bonchev–Trinajstić information content (AvgIpc) is 2.93. The summed E-state index contributed by atoms with van der Waals surface area (Å²) < 4.78 is 26.0. The summed E-state index contributed by atoms with van der Waals surface area (Å²) in [4.78, 5) is 16.0. The normalized spacial score (nSPS) is 28.1. The Morgan fingerprint density at radius 3 is 2.63 bits per heavy atom. The molecule has 2 bridgehead atoms. The molecule has 7 nitrogen and oxygen atoms in total. The van der Waals surface area contributed by atoms with Crippen LogP contribution in [0.15, 0.2) is 28.3 Å². The standard InChI is InChI=1S/C18H25ClN4O3S/c1-17(2)12-7-8-18(17,3)14(9-12)21-22-16(24)11-23(4)27(25,26)13-5-6-15(19)20-10-13/h5-6,10,12H,7-9,11H2,1-4H3,(H,22,24)/b21-14-. The molecule has 2 aliphatic rings. The van der Waals surface area contributed by atoms with Crippen molar-refractivity contribution in [1.82, 2.24) is 14.7 Å². The van der Waals surface area contributed by atoms with Gasteiger partial charge in [-0.2, -0.15) is 9.41 Å². The van der Waals surface area contributed by atoms with Crippen LogP contribution in [0.1, 0.15) is 40.0 Å². The Bertz CT molecular complexity index is 882. The molecule has 0 aliphatic heterocycles. The summed E-state index contributed by atoms with van der Waals surface area (Å²) in [5.74, 6) is 0.110. The molecule has 2 aliphatic carbocycles. The molecule has 0 radical (unpaired) electrons. The van der Waals surface area contributed by atoms with Gasteiger partial charge in [0, 0.05) is 24.4 Å². The molecule has 2 saturated carbocycles. The molecule has 27 heavy (non-hydrogen) atoms. The summed E-state index contributed by atoms with van der Waals surface area (Å²) in [6.07, 6.45) is 4.31. The second-order valence-electron chi connectivity index (χ2n) is 8.16. The molecule has 2 fully saturated rings. The van der Waals surface area contributed by atoms with Crippen molar-refractivity contribution in [1.29, 1.82) is 0 Å². The van der Waals surface area contributed by atoms with Crippen LogP contribution in [0.5, 0.6) is 0 Å². The molecule has 1 aromatic rings. The van der Waals surface area contributed by atoms with Gasteiger partial charge >= 0.3 is 0 Å². The maximum atomic E-state index is 12.5. The third-order valence-corrected chi connectivity index (χ3v) is 8.61. The lowest BCUT2D eigenvalue weighted by Gasteiger charge is -2.34. The van der Waals surface area contributed by atoms with E-state index in [9.17, 15) is 13.2 Å². The van der Waals surface area contributed by atoms with Gasteiger partial charge in [0.05, 0.1) is 6.54 Å². The zero-order chi connectivity index (χ0) is 20.0. The van der Waals surface area contributed by atoms with Crippen molar-refractivity contribution in [2.75, 3.05) is 13.6 Å². The third-order valence-electron chi connectivity index (χ3n) is 6.60. The van der Waals surface area contributed by atoms with Crippen LogP contribution in [-0.4, -0.2) is 42.9 Å². The van der Waals surface area contributed by atoms with Crippen molar-refractivity contribution < 1.29 is 13.2 Å². The Morgan fingerprint density at radius 1 is 1.41 bits per heavy atom. The molecule has 1 aromatic heterocycles. The Labute approximate surface area is 165 Å². The molecule has 0 aromatic carbocycles. The minimum Gasteiger partial charge on any atom is -0.272 e. The SMILES string of the molecule is CN(CC(=O)N/N=C1/CC2CCC1(C)C2(C)C)S(=O)(=O)c1ccc(Cl)nc1. The fraction of sp³-hybridized carbons (Fsp3) is 0.611. The fourth-order valence-electron chi connectivity index (χ4n) is 4.24. The predicted molar refractivity (Wildman–Crippen MR) is 104 cm³/mol. The minimum absolute atomic E-state index is 0.0160. The second kappa shape index (κ2) is 6.83. The first-order chi connectivity index (χ1) is 12.5. The lowest BCUT2D eigenvalue weighted by atomic mass is 9.70. The number of hydrazone groups is 1. The fourth-order valence-corrected chi connectivity index (χ4v) is 5.43. The van der Waals surface area contributed by atoms with Crippen molar-refractivity contribution in [3.8, 4) is 0 Å². The molecule has 148 valence electrons. The molecule has 2 atom stereocenters. The van der Waals surface area contributed by atoms with E-state index in [-0.39, 0.29) is 27.4 Å². The van der Waals surface area contributed by atoms with E-state index >= 15 is 0 Å². The molecule has 1 amide bonds. The highest BCUT2D eigenvalue weighted by molar-refractivity contribution is 7.89. The van der Waals surface area contributed by atoms with Gasteiger partial charge in [-0.25, -0.2) is 18.8 Å². The second-order valence-corrected chi connectivity index (χ2v) is 10.6. The van der Waals surface area contributed by atoms with Crippen molar-refractivity contribution in [2.24, 2.45) is 21.8 Å². The van der Waals surface area contributed by atoms with E-state index in [4.69, 9.17) is 11.6 Å². The quantitative estimate of drug-likeness (QED) is 0.594. The van der Waals surface area contributed by atoms with Crippen LogP contribution in [0.4, 0.5) is 0 Å². The summed E-state index contributed by atoms with van der Waals surface area (Å²) in [7, 11) is -2.48. The van der Waals surface area contributed by atoms with Gasteiger partial charge in [-0.1, -0.05) is 32.4 Å². The molecule has 2 unspecified atom stereocenters. The number of sulfonamides is 1. The van der Waals surface area contributed by atoms with E-state index in [1.165, 1.54) is 31.8 Å². The number of aromatic nitrogens is 1. The summed E-state index contributed by atoms with van der Waals surface area (Å²) in [6, 6.07) is 2.75. The maximum Gasteiger partial charge on any atom is 0.255 e. The lowest BCUT2D eigenvalue weighted by molar-refractivity contribution is -0.121. The maximum absolute atomic E-state index is 12.5. The highest BCUT2D eigenvalue weighted by atomic mass is 35.5. The van der Waals surface area contributed by atoms with E-state index < -0.39 is 15.9 Å². The van der Waals surface area contributed by atoms with Gasteiger partial charge in [0.25, 0.3) is 5.91 Å². The van der Waals surface area contributed by atoms with Crippen LogP contribution in [0.3, 0.4) is 0 Å². The number of pyridine rings is 1. The number of amides is 1. The number of rotatable bonds is 5. The monoisotopic (exact) mass is 412 g/mol. The van der Waals surface area contributed by atoms with Gasteiger partial charge in [-0.15, -0.1) is 0 Å². The van der Waals surface area contributed by atoms with Gasteiger partial charge in [0.1, 0.15) is 10.0 Å². The van der Waals surface area contributed by atoms with Crippen LogP contribution < -0.4 is 5.43 Å². The van der Waals surface area contributed by atoms with Crippen molar-refractivity contribution in [2.45, 2.75) is 44.9 Å². The van der Waals surface area contributed by atoms with Gasteiger partial charge in [-0.3, -0.25) is 4.79 Å². The van der Waals surface area contributed by atoms with Crippen LogP contribution in [0.2, 0.25) is 5.15 Å². The zero-order valence-corrected chi connectivity index (χ0v) is 17.6. The van der Waals surface area contributed by atoms with Crippen LogP contribution in [-0.2, 0) is 14.8 Å². The number of nitrogens with zero attached hydrogens (tertiary/aromatic N) is 3. The first-order valence-corrected chi connectivity index (χ1v) is 10.7. The first-order valence-electron chi connectivity index (χ1n) is 8.92. The number of nitrogens with one attached hydrogen (secondary N) is 1. The largest absolute Gasteiger partial charge is 0.272 e. The number of halogens is 1. The smallest absolute Gasteiger partial charge is 0.255 e. The van der Waals surface area contributed by atoms with Gasteiger partial charge < -0.3 is 0 Å². The van der Waals surface area contributed by atoms with E-state index in [1.807, 2.05) is 0 Å². The minimum atomic E-state index is -3.82. The first kappa shape index (κ1) is 20.2. The topological polar surface area (TPSA) is 91.7 Å². The summed E-state index contributed by atoms with van der Waals surface area (Å²) in [6.45, 7) is 6.39. The van der Waals surface area contributed by atoms with Gasteiger partial charge in [-0.05, 0) is 42.7 Å². The van der Waals surface area contributed by atoms with Crippen molar-refractivity contribution >= 4 is 33.2 Å². The van der Waals surface area contributed by atoms with E-state index in [0.29, 0.717) is 5.92 Å². The van der Waals surface area contributed by atoms with Crippen LogP contribution in [0, 0.1) is 16.7 Å². The number of likely N-dealkylation sites (N-methyl/N-ethyl adjacent to an activating group) is 1. The number of carbonyl (C=O) groups excluding carboxylic acids is 1. The lowest BCUT2D eigenvalue weighted by Crippen LogP contribution is -2.38. The van der Waals surface area contributed by atoms with Crippen molar-refractivity contribution in [3.05, 3.63) is 23.5 Å². The Balaban J connectivity index is 1.65. The van der Waals surface area contributed by atoms with Gasteiger partial charge in [0.2, 0.25) is 10.0 Å². The third kappa shape index (κ3) is 3.39. The number of hydrogen-bond acceptors (Lipinski definition) is 5. The molecule has 1 heterocycles. The summed E-state index contributed by atoms with van der Waals surface area (Å²) in [5, 5.41) is 4.56. The molecule has 1 N–H and O–H groups in total. The number of hydrogen-bond donors (Lipinski definition) is 1. The van der Waals surface area contributed by atoms with E-state index in [1.54, 1.807) is 0 Å². The van der Waals surface area contributed by atoms with E-state index in [0.717, 1.165) is 22.9 Å². The van der Waals surface area contributed by atoms with E-state index in [2.05, 4.69) is 36.3 Å². The Kier molecular flexibility index (Phi) is 5.12.